The summed E-state index contributed by atoms with van der Waals surface area (Å²) in [5.41, 5.74) is 2.45. The maximum Gasteiger partial charge on any atom is 0.0447 e. The van der Waals surface area contributed by atoms with E-state index in [4.69, 9.17) is 23.2 Å². The first-order valence-electron chi connectivity index (χ1n) is 6.74. The largest absolute Gasteiger partial charge is 0.0840 e. The molecule has 2 aromatic rings. The maximum atomic E-state index is 6.45. The first-order valence-corrected chi connectivity index (χ1v) is 7.50. The van der Waals surface area contributed by atoms with Crippen LogP contribution in [0.4, 0.5) is 0 Å². The van der Waals surface area contributed by atoms with Gasteiger partial charge in [-0.3, -0.25) is 0 Å². The van der Waals surface area contributed by atoms with E-state index in [1.807, 2.05) is 24.3 Å². The number of hydrogen-bond acceptors (Lipinski definition) is 0. The van der Waals surface area contributed by atoms with E-state index in [9.17, 15) is 0 Å². The van der Waals surface area contributed by atoms with Crippen LogP contribution in [0.15, 0.2) is 48.5 Å². The molecule has 2 heteroatoms. The molecule has 1 fully saturated rings. The number of benzene rings is 2. The first kappa shape index (κ1) is 13.0. The van der Waals surface area contributed by atoms with Gasteiger partial charge in [0.25, 0.3) is 0 Å². The summed E-state index contributed by atoms with van der Waals surface area (Å²) >= 11 is 12.9. The van der Waals surface area contributed by atoms with Crippen LogP contribution >= 0.6 is 23.2 Å². The molecule has 19 heavy (non-hydrogen) atoms. The van der Waals surface area contributed by atoms with E-state index in [-0.39, 0.29) is 5.41 Å². The van der Waals surface area contributed by atoms with Crippen LogP contribution in [0.2, 0.25) is 10.0 Å². The van der Waals surface area contributed by atoms with Gasteiger partial charge in [0, 0.05) is 15.5 Å². The molecule has 0 heterocycles. The molecule has 0 saturated heterocycles. The molecule has 0 nitrogen and oxygen atoms in total. The monoisotopic (exact) mass is 290 g/mol. The third kappa shape index (κ3) is 2.17. The zero-order chi connectivity index (χ0) is 13.3. The molecule has 0 radical (unpaired) electrons. The summed E-state index contributed by atoms with van der Waals surface area (Å²) in [6.07, 6.45) is 4.72. The highest BCUT2D eigenvalue weighted by Crippen LogP contribution is 2.50. The van der Waals surface area contributed by atoms with Crippen molar-refractivity contribution < 1.29 is 0 Å². The third-order valence-corrected chi connectivity index (χ3v) is 4.90. The van der Waals surface area contributed by atoms with E-state index in [0.29, 0.717) is 0 Å². The van der Waals surface area contributed by atoms with Crippen LogP contribution in [-0.2, 0) is 5.41 Å². The van der Waals surface area contributed by atoms with Gasteiger partial charge in [0.2, 0.25) is 0 Å². The molecule has 0 unspecified atom stereocenters. The van der Waals surface area contributed by atoms with E-state index in [2.05, 4.69) is 24.3 Å². The fraction of sp³-hybridized carbons (Fsp3) is 0.294. The second kappa shape index (κ2) is 5.19. The van der Waals surface area contributed by atoms with Gasteiger partial charge < -0.3 is 0 Å². The number of rotatable bonds is 2. The molecule has 2 aromatic carbocycles. The molecule has 1 aliphatic carbocycles. The molecule has 0 amide bonds. The summed E-state index contributed by atoms with van der Waals surface area (Å²) in [6.45, 7) is 0. The van der Waals surface area contributed by atoms with Gasteiger partial charge in [-0.2, -0.15) is 0 Å². The Kier molecular flexibility index (Phi) is 3.56. The fourth-order valence-electron chi connectivity index (χ4n) is 3.36. The van der Waals surface area contributed by atoms with Crippen molar-refractivity contribution in [1.29, 1.82) is 0 Å². The van der Waals surface area contributed by atoms with Gasteiger partial charge in [-0.15, -0.1) is 0 Å². The fourth-order valence-corrected chi connectivity index (χ4v) is 3.99. The average molecular weight is 291 g/mol. The van der Waals surface area contributed by atoms with Crippen LogP contribution in [0.3, 0.4) is 0 Å². The van der Waals surface area contributed by atoms with Gasteiger partial charge in [-0.1, -0.05) is 72.4 Å². The van der Waals surface area contributed by atoms with Gasteiger partial charge in [-0.25, -0.2) is 0 Å². The van der Waals surface area contributed by atoms with E-state index in [0.717, 1.165) is 22.9 Å². The standard InChI is InChI=1S/C17H16Cl2/c18-15-9-3-1-7-13(15)17(11-5-6-12-17)14-8-2-4-10-16(14)19/h1-4,7-10H,5-6,11-12H2. The van der Waals surface area contributed by atoms with E-state index in [1.165, 1.54) is 24.0 Å². The predicted octanol–water partition coefficient (Wildman–Crippen LogP) is 5.85. The zero-order valence-electron chi connectivity index (χ0n) is 10.7. The Morgan fingerprint density at radius 2 is 1.11 bits per heavy atom. The van der Waals surface area contributed by atoms with Crippen molar-refractivity contribution in [3.05, 3.63) is 69.7 Å². The molecule has 0 bridgehead atoms. The minimum absolute atomic E-state index is 0.00329. The van der Waals surface area contributed by atoms with Gasteiger partial charge in [0.1, 0.15) is 0 Å². The Hall–Kier alpha value is -0.980. The molecule has 0 aromatic heterocycles. The van der Waals surface area contributed by atoms with Gasteiger partial charge >= 0.3 is 0 Å². The minimum atomic E-state index is -0.00329. The van der Waals surface area contributed by atoms with Crippen molar-refractivity contribution in [2.45, 2.75) is 31.1 Å². The van der Waals surface area contributed by atoms with Crippen molar-refractivity contribution >= 4 is 23.2 Å². The molecule has 0 spiro atoms. The Balaban J connectivity index is 2.21. The summed E-state index contributed by atoms with van der Waals surface area (Å²) in [5, 5.41) is 1.70. The molecular weight excluding hydrogens is 275 g/mol. The highest BCUT2D eigenvalue weighted by molar-refractivity contribution is 6.32. The van der Waals surface area contributed by atoms with Crippen LogP contribution < -0.4 is 0 Å². The molecule has 0 atom stereocenters. The lowest BCUT2D eigenvalue weighted by Gasteiger charge is -2.32. The van der Waals surface area contributed by atoms with Crippen molar-refractivity contribution in [3.8, 4) is 0 Å². The van der Waals surface area contributed by atoms with Gasteiger partial charge in [0.05, 0.1) is 0 Å². The summed E-state index contributed by atoms with van der Waals surface area (Å²) in [5.74, 6) is 0. The average Bonchev–Trinajstić information content (AvgIpc) is 2.90. The van der Waals surface area contributed by atoms with E-state index >= 15 is 0 Å². The van der Waals surface area contributed by atoms with Crippen molar-refractivity contribution in [2.75, 3.05) is 0 Å². The van der Waals surface area contributed by atoms with Crippen molar-refractivity contribution in [1.82, 2.24) is 0 Å². The van der Waals surface area contributed by atoms with Crippen molar-refractivity contribution in [2.24, 2.45) is 0 Å². The Bertz CT molecular complexity index is 536. The molecule has 98 valence electrons. The lowest BCUT2D eigenvalue weighted by Crippen LogP contribution is -2.24. The Morgan fingerprint density at radius 1 is 0.684 bits per heavy atom. The topological polar surface area (TPSA) is 0 Å². The SMILES string of the molecule is Clc1ccccc1C1(c2ccccc2Cl)CCCC1. The lowest BCUT2D eigenvalue weighted by atomic mass is 9.73. The molecule has 3 rings (SSSR count). The van der Waals surface area contributed by atoms with Crippen LogP contribution in [0, 0.1) is 0 Å². The molecule has 1 saturated carbocycles. The maximum absolute atomic E-state index is 6.45. The normalized spacial score (nSPS) is 17.6. The van der Waals surface area contributed by atoms with Gasteiger partial charge in [-0.05, 0) is 36.1 Å². The van der Waals surface area contributed by atoms with Crippen LogP contribution in [-0.4, -0.2) is 0 Å². The Morgan fingerprint density at radius 3 is 1.53 bits per heavy atom. The van der Waals surface area contributed by atoms with Crippen LogP contribution in [0.1, 0.15) is 36.8 Å². The molecule has 0 aliphatic heterocycles. The highest BCUT2D eigenvalue weighted by atomic mass is 35.5. The quantitative estimate of drug-likeness (QED) is 0.650. The predicted molar refractivity (Wildman–Crippen MR) is 82.2 cm³/mol. The third-order valence-electron chi connectivity index (χ3n) is 4.24. The second-order valence-electron chi connectivity index (χ2n) is 5.25. The summed E-state index contributed by atoms with van der Waals surface area (Å²) in [6, 6.07) is 16.4. The summed E-state index contributed by atoms with van der Waals surface area (Å²) < 4.78 is 0. The van der Waals surface area contributed by atoms with Crippen LogP contribution in [0.25, 0.3) is 0 Å². The lowest BCUT2D eigenvalue weighted by molar-refractivity contribution is 0.536. The molecular formula is C17H16Cl2. The first-order chi connectivity index (χ1) is 9.24. The number of hydrogen-bond donors (Lipinski definition) is 0. The molecule has 1 aliphatic rings. The molecule has 0 N–H and O–H groups in total. The van der Waals surface area contributed by atoms with Gasteiger partial charge in [0.15, 0.2) is 0 Å². The number of halogens is 2. The smallest absolute Gasteiger partial charge is 0.0447 e. The highest BCUT2D eigenvalue weighted by Gasteiger charge is 2.39. The Labute approximate surface area is 124 Å². The summed E-state index contributed by atoms with van der Waals surface area (Å²) in [7, 11) is 0. The van der Waals surface area contributed by atoms with Crippen LogP contribution in [0.5, 0.6) is 0 Å². The zero-order valence-corrected chi connectivity index (χ0v) is 12.2. The second-order valence-corrected chi connectivity index (χ2v) is 6.06. The van der Waals surface area contributed by atoms with E-state index in [1.54, 1.807) is 0 Å². The minimum Gasteiger partial charge on any atom is -0.0840 e. The van der Waals surface area contributed by atoms with E-state index < -0.39 is 0 Å². The summed E-state index contributed by atoms with van der Waals surface area (Å²) in [4.78, 5) is 0. The van der Waals surface area contributed by atoms with Crippen molar-refractivity contribution in [3.63, 3.8) is 0 Å².